The van der Waals surface area contributed by atoms with E-state index in [1.807, 2.05) is 0 Å². The smallest absolute Gasteiger partial charge is 0.337 e. The van der Waals surface area contributed by atoms with Crippen molar-refractivity contribution in [3.8, 4) is 0 Å². The van der Waals surface area contributed by atoms with Gasteiger partial charge in [-0.15, -0.1) is 0 Å². The Morgan fingerprint density at radius 2 is 2.37 bits per heavy atom. The summed E-state index contributed by atoms with van der Waals surface area (Å²) in [6.07, 6.45) is 1.21. The molecule has 2 N–H and O–H groups in total. The summed E-state index contributed by atoms with van der Waals surface area (Å²) in [4.78, 5) is 13.3. The van der Waals surface area contributed by atoms with Gasteiger partial charge in [-0.1, -0.05) is 18.5 Å². The third kappa shape index (κ3) is 3.61. The molecule has 0 saturated carbocycles. The predicted octanol–water partition coefficient (Wildman–Crippen LogP) is 2.79. The van der Waals surface area contributed by atoms with Gasteiger partial charge in [-0.25, -0.2) is 4.79 Å². The van der Waals surface area contributed by atoms with Gasteiger partial charge in [0.15, 0.2) is 0 Å². The van der Waals surface area contributed by atoms with E-state index in [2.05, 4.69) is 17.1 Å². The summed E-state index contributed by atoms with van der Waals surface area (Å²) in [5, 5.41) is 12.5. The molecule has 1 aliphatic heterocycles. The van der Waals surface area contributed by atoms with Gasteiger partial charge in [0.25, 0.3) is 0 Å². The van der Waals surface area contributed by atoms with Crippen molar-refractivity contribution in [2.45, 2.75) is 13.3 Å². The maximum Gasteiger partial charge on any atom is 0.337 e. The van der Waals surface area contributed by atoms with Crippen molar-refractivity contribution >= 4 is 23.3 Å². The normalized spacial score (nSPS) is 19.6. The molecule has 1 fully saturated rings. The Morgan fingerprint density at radius 3 is 2.95 bits per heavy atom. The number of anilines is 1. The van der Waals surface area contributed by atoms with Gasteiger partial charge in [0.05, 0.1) is 10.6 Å². The number of carboxylic acids is 1. The highest BCUT2D eigenvalue weighted by Gasteiger charge is 2.20. The van der Waals surface area contributed by atoms with Crippen LogP contribution in [0.2, 0.25) is 5.02 Å². The number of aromatic carboxylic acids is 1. The minimum Gasteiger partial charge on any atom is -0.478 e. The Kier molecular flexibility index (Phi) is 4.66. The molecule has 1 aromatic rings. The molecule has 1 unspecified atom stereocenters. The fourth-order valence-electron chi connectivity index (χ4n) is 2.43. The van der Waals surface area contributed by atoms with E-state index in [4.69, 9.17) is 16.7 Å². The summed E-state index contributed by atoms with van der Waals surface area (Å²) in [5.41, 5.74) is 1.02. The molecule has 0 aliphatic carbocycles. The number of nitrogens with zero attached hydrogens (tertiary/aromatic N) is 1. The molecule has 5 heteroatoms. The van der Waals surface area contributed by atoms with Crippen LogP contribution < -0.4 is 5.32 Å². The molecule has 1 saturated heterocycles. The van der Waals surface area contributed by atoms with Crippen LogP contribution in [0.1, 0.15) is 23.7 Å². The zero-order valence-corrected chi connectivity index (χ0v) is 11.8. The minimum absolute atomic E-state index is 0.144. The van der Waals surface area contributed by atoms with Crippen LogP contribution in [-0.4, -0.2) is 42.2 Å². The Morgan fingerprint density at radius 1 is 1.58 bits per heavy atom. The number of nitrogens with one attached hydrogen (secondary N) is 1. The van der Waals surface area contributed by atoms with E-state index in [0.29, 0.717) is 5.92 Å². The highest BCUT2D eigenvalue weighted by atomic mass is 35.5. The van der Waals surface area contributed by atoms with E-state index < -0.39 is 5.97 Å². The fraction of sp³-hybridized carbons (Fsp3) is 0.500. The first-order valence-corrected chi connectivity index (χ1v) is 6.97. The maximum atomic E-state index is 10.9. The molecule has 104 valence electrons. The van der Waals surface area contributed by atoms with Crippen molar-refractivity contribution in [3.05, 3.63) is 28.8 Å². The maximum absolute atomic E-state index is 10.9. The topological polar surface area (TPSA) is 52.6 Å². The predicted molar refractivity (Wildman–Crippen MR) is 77.1 cm³/mol. The van der Waals surface area contributed by atoms with Gasteiger partial charge in [0.2, 0.25) is 0 Å². The van der Waals surface area contributed by atoms with E-state index >= 15 is 0 Å². The van der Waals surface area contributed by atoms with E-state index in [9.17, 15) is 4.79 Å². The first kappa shape index (κ1) is 14.2. The molecule has 0 amide bonds. The average molecular weight is 283 g/mol. The Balaban J connectivity index is 1.90. The number of carbonyl (C=O) groups is 1. The number of hydrogen-bond acceptors (Lipinski definition) is 3. The zero-order valence-electron chi connectivity index (χ0n) is 11.0. The summed E-state index contributed by atoms with van der Waals surface area (Å²) in [7, 11) is 0. The van der Waals surface area contributed by atoms with E-state index in [0.717, 1.165) is 25.3 Å². The molecule has 0 aromatic heterocycles. The Labute approximate surface area is 118 Å². The van der Waals surface area contributed by atoms with E-state index in [-0.39, 0.29) is 10.6 Å². The second kappa shape index (κ2) is 6.26. The summed E-state index contributed by atoms with van der Waals surface area (Å²) in [5.74, 6) is -0.344. The van der Waals surface area contributed by atoms with Crippen LogP contribution in [0, 0.1) is 5.92 Å². The molecule has 0 spiro atoms. The SMILES string of the molecule is CCN1CCC(CNc2ccc(C(=O)O)c(Cl)c2)C1. The van der Waals surface area contributed by atoms with Gasteiger partial charge < -0.3 is 15.3 Å². The first-order chi connectivity index (χ1) is 9.10. The lowest BCUT2D eigenvalue weighted by Gasteiger charge is -2.14. The second-order valence-corrected chi connectivity index (χ2v) is 5.34. The van der Waals surface area contributed by atoms with Crippen LogP contribution in [0.4, 0.5) is 5.69 Å². The lowest BCUT2D eigenvalue weighted by Crippen LogP contribution is -2.22. The second-order valence-electron chi connectivity index (χ2n) is 4.93. The van der Waals surface area contributed by atoms with Gasteiger partial charge in [-0.05, 0) is 43.6 Å². The lowest BCUT2D eigenvalue weighted by atomic mass is 10.1. The standard InChI is InChI=1S/C14H19ClN2O2/c1-2-17-6-5-10(9-17)8-16-11-3-4-12(14(18)19)13(15)7-11/h3-4,7,10,16H,2,5-6,8-9H2,1H3,(H,18,19). The molecule has 19 heavy (non-hydrogen) atoms. The first-order valence-electron chi connectivity index (χ1n) is 6.59. The monoisotopic (exact) mass is 282 g/mol. The number of carboxylic acid groups (broad SMARTS) is 1. The third-order valence-electron chi connectivity index (χ3n) is 3.61. The van der Waals surface area contributed by atoms with E-state index in [1.165, 1.54) is 13.0 Å². The molecule has 4 nitrogen and oxygen atoms in total. The van der Waals surface area contributed by atoms with Crippen LogP contribution in [0.25, 0.3) is 0 Å². The Hall–Kier alpha value is -1.26. The molecule has 1 aromatic carbocycles. The van der Waals surface area contributed by atoms with Crippen molar-refractivity contribution in [2.75, 3.05) is 31.5 Å². The minimum atomic E-state index is -0.995. The summed E-state index contributed by atoms with van der Waals surface area (Å²) in [6.45, 7) is 6.49. The van der Waals surface area contributed by atoms with Gasteiger partial charge in [-0.3, -0.25) is 0 Å². The van der Waals surface area contributed by atoms with Gasteiger partial charge in [0.1, 0.15) is 0 Å². The Bertz CT molecular complexity index is 465. The molecule has 0 radical (unpaired) electrons. The van der Waals surface area contributed by atoms with Gasteiger partial charge in [-0.2, -0.15) is 0 Å². The highest BCUT2D eigenvalue weighted by Crippen LogP contribution is 2.22. The third-order valence-corrected chi connectivity index (χ3v) is 3.92. The van der Waals surface area contributed by atoms with E-state index in [1.54, 1.807) is 18.2 Å². The van der Waals surface area contributed by atoms with Crippen LogP contribution in [0.15, 0.2) is 18.2 Å². The van der Waals surface area contributed by atoms with Crippen LogP contribution in [0.3, 0.4) is 0 Å². The quantitative estimate of drug-likeness (QED) is 0.872. The summed E-state index contributed by atoms with van der Waals surface area (Å²) >= 11 is 5.94. The average Bonchev–Trinajstić information content (AvgIpc) is 2.84. The number of rotatable bonds is 5. The lowest BCUT2D eigenvalue weighted by molar-refractivity contribution is 0.0697. The van der Waals surface area contributed by atoms with Crippen LogP contribution >= 0.6 is 11.6 Å². The molecule has 1 aliphatic rings. The van der Waals surface area contributed by atoms with Gasteiger partial charge >= 0.3 is 5.97 Å². The molecule has 1 atom stereocenters. The summed E-state index contributed by atoms with van der Waals surface area (Å²) < 4.78 is 0. The molecule has 2 rings (SSSR count). The molecular formula is C14H19ClN2O2. The van der Waals surface area contributed by atoms with Crippen molar-refractivity contribution in [2.24, 2.45) is 5.92 Å². The van der Waals surface area contributed by atoms with Crippen molar-refractivity contribution < 1.29 is 9.90 Å². The summed E-state index contributed by atoms with van der Waals surface area (Å²) in [6, 6.07) is 4.99. The van der Waals surface area contributed by atoms with Crippen molar-refractivity contribution in [1.82, 2.24) is 4.90 Å². The number of hydrogen-bond donors (Lipinski definition) is 2. The van der Waals surface area contributed by atoms with Crippen molar-refractivity contribution in [3.63, 3.8) is 0 Å². The molecule has 1 heterocycles. The number of likely N-dealkylation sites (tertiary alicyclic amines) is 1. The largest absolute Gasteiger partial charge is 0.478 e. The fourth-order valence-corrected chi connectivity index (χ4v) is 2.69. The highest BCUT2D eigenvalue weighted by molar-refractivity contribution is 6.33. The van der Waals surface area contributed by atoms with Gasteiger partial charge in [0, 0.05) is 18.8 Å². The number of benzene rings is 1. The van der Waals surface area contributed by atoms with Crippen LogP contribution in [-0.2, 0) is 0 Å². The van der Waals surface area contributed by atoms with Crippen molar-refractivity contribution in [1.29, 1.82) is 0 Å². The van der Waals surface area contributed by atoms with Crippen LogP contribution in [0.5, 0.6) is 0 Å². The zero-order chi connectivity index (χ0) is 13.8. The molecular weight excluding hydrogens is 264 g/mol. The molecule has 0 bridgehead atoms. The number of halogens is 1.